The zero-order valence-electron chi connectivity index (χ0n) is 17.7. The monoisotopic (exact) mass is 433 g/mol. The van der Waals surface area contributed by atoms with Crippen LogP contribution in [0.15, 0.2) is 24.3 Å². The Balaban J connectivity index is 1.41. The van der Waals surface area contributed by atoms with Crippen LogP contribution >= 0.6 is 11.6 Å². The molecule has 7 heteroatoms. The molecule has 6 nitrogen and oxygen atoms in total. The van der Waals surface area contributed by atoms with E-state index in [1.165, 1.54) is 10.5 Å². The van der Waals surface area contributed by atoms with Crippen molar-refractivity contribution in [2.45, 2.75) is 63.6 Å². The number of hydrogen-bond donors (Lipinski definition) is 1. The van der Waals surface area contributed by atoms with Gasteiger partial charge in [0.2, 0.25) is 0 Å². The van der Waals surface area contributed by atoms with Gasteiger partial charge >= 0.3 is 6.03 Å². The highest BCUT2D eigenvalue weighted by Gasteiger charge is 2.55. The Kier molecular flexibility index (Phi) is 6.66. The Morgan fingerprint density at radius 2 is 2.03 bits per heavy atom. The zero-order valence-corrected chi connectivity index (χ0v) is 18.5. The highest BCUT2D eigenvalue weighted by Crippen LogP contribution is 2.37. The van der Waals surface area contributed by atoms with Crippen LogP contribution in [0.4, 0.5) is 4.79 Å². The zero-order chi connectivity index (χ0) is 21.1. The van der Waals surface area contributed by atoms with Gasteiger partial charge in [0.15, 0.2) is 0 Å². The number of piperidine rings is 1. The molecule has 0 spiro atoms. The molecule has 0 radical (unpaired) electrons. The van der Waals surface area contributed by atoms with Gasteiger partial charge in [-0.05, 0) is 68.8 Å². The van der Waals surface area contributed by atoms with Crippen molar-refractivity contribution in [3.8, 4) is 0 Å². The molecule has 1 aromatic rings. The van der Waals surface area contributed by atoms with Gasteiger partial charge in [0.1, 0.15) is 5.54 Å². The van der Waals surface area contributed by atoms with E-state index in [9.17, 15) is 9.59 Å². The molecule has 0 aromatic heterocycles. The minimum atomic E-state index is -0.757. The predicted molar refractivity (Wildman–Crippen MR) is 116 cm³/mol. The summed E-state index contributed by atoms with van der Waals surface area (Å²) in [4.78, 5) is 30.1. The first kappa shape index (κ1) is 21.6. The lowest BCUT2D eigenvalue weighted by Crippen LogP contribution is -2.56. The lowest BCUT2D eigenvalue weighted by atomic mass is 9.74. The van der Waals surface area contributed by atoms with Crippen LogP contribution in [0.1, 0.15) is 51.0 Å². The van der Waals surface area contributed by atoms with Crippen LogP contribution in [-0.4, -0.2) is 59.6 Å². The number of carbonyl (C=O) groups excluding carboxylic acids is 2. The molecule has 1 aromatic carbocycles. The van der Waals surface area contributed by atoms with Crippen molar-refractivity contribution < 1.29 is 14.3 Å². The Morgan fingerprint density at radius 1 is 1.23 bits per heavy atom. The van der Waals surface area contributed by atoms with E-state index in [1.807, 2.05) is 18.2 Å². The molecule has 0 aliphatic carbocycles. The maximum atomic E-state index is 13.5. The predicted octanol–water partition coefficient (Wildman–Crippen LogP) is 3.82. The smallest absolute Gasteiger partial charge is 0.325 e. The first-order valence-electron chi connectivity index (χ1n) is 11.2. The number of benzene rings is 1. The quantitative estimate of drug-likeness (QED) is 0.664. The number of halogens is 1. The van der Waals surface area contributed by atoms with Gasteiger partial charge in [-0.25, -0.2) is 4.79 Å². The Hall–Kier alpha value is -1.63. The second kappa shape index (κ2) is 9.25. The normalized spacial score (nSPS) is 28.3. The Morgan fingerprint density at radius 3 is 2.70 bits per heavy atom. The van der Waals surface area contributed by atoms with E-state index >= 15 is 0 Å². The van der Waals surface area contributed by atoms with Crippen LogP contribution < -0.4 is 5.32 Å². The molecule has 3 fully saturated rings. The molecule has 164 valence electrons. The van der Waals surface area contributed by atoms with Gasteiger partial charge in [0.05, 0.1) is 12.6 Å². The van der Waals surface area contributed by atoms with Gasteiger partial charge < -0.3 is 10.1 Å². The van der Waals surface area contributed by atoms with Crippen LogP contribution in [0.5, 0.6) is 0 Å². The number of amides is 3. The minimum Gasteiger partial charge on any atom is -0.376 e. The summed E-state index contributed by atoms with van der Waals surface area (Å²) < 4.78 is 5.67. The van der Waals surface area contributed by atoms with E-state index < -0.39 is 5.54 Å². The first-order chi connectivity index (χ1) is 14.5. The third-order valence-electron chi connectivity index (χ3n) is 6.84. The average Bonchev–Trinajstić information content (AvgIpc) is 3.32. The Bertz CT molecular complexity index is 775. The molecule has 3 aliphatic rings. The van der Waals surface area contributed by atoms with Crippen molar-refractivity contribution in [1.82, 2.24) is 15.1 Å². The van der Waals surface area contributed by atoms with Crippen molar-refractivity contribution in [3.63, 3.8) is 0 Å². The van der Waals surface area contributed by atoms with Gasteiger partial charge in [0, 0.05) is 18.2 Å². The maximum absolute atomic E-state index is 13.5. The molecule has 3 aliphatic heterocycles. The van der Waals surface area contributed by atoms with E-state index in [4.69, 9.17) is 16.3 Å². The summed E-state index contributed by atoms with van der Waals surface area (Å²) in [5, 5.41) is 3.89. The standard InChI is InChI=1S/C23H32ClN3O3/c1-2-10-23(21(28)27(22(29)25-23)16-20-7-4-13-30-20)18-8-11-26(12-9-18)15-17-5-3-6-19(24)14-17/h3,5-6,14,18,20H,2,4,7-13,15-16H2,1H3,(H,25,29)/t20-,23-/m0/s1. The van der Waals surface area contributed by atoms with Gasteiger partial charge in [-0.3, -0.25) is 14.6 Å². The van der Waals surface area contributed by atoms with E-state index in [2.05, 4.69) is 23.2 Å². The number of imide groups is 1. The van der Waals surface area contributed by atoms with Crippen LogP contribution in [0.25, 0.3) is 0 Å². The molecule has 0 unspecified atom stereocenters. The molecule has 1 N–H and O–H groups in total. The summed E-state index contributed by atoms with van der Waals surface area (Å²) in [5.74, 6) is 0.122. The van der Waals surface area contributed by atoms with Crippen molar-refractivity contribution in [1.29, 1.82) is 0 Å². The van der Waals surface area contributed by atoms with Gasteiger partial charge in [-0.15, -0.1) is 0 Å². The summed E-state index contributed by atoms with van der Waals surface area (Å²) >= 11 is 6.12. The summed E-state index contributed by atoms with van der Waals surface area (Å²) in [6, 6.07) is 7.74. The highest BCUT2D eigenvalue weighted by atomic mass is 35.5. The van der Waals surface area contributed by atoms with E-state index in [-0.39, 0.29) is 24.0 Å². The second-order valence-electron chi connectivity index (χ2n) is 8.88. The molecule has 0 saturated carbocycles. The summed E-state index contributed by atoms with van der Waals surface area (Å²) in [6.07, 6.45) is 5.26. The number of likely N-dealkylation sites (tertiary alicyclic amines) is 1. The molecule has 4 rings (SSSR count). The van der Waals surface area contributed by atoms with Crippen molar-refractivity contribution >= 4 is 23.5 Å². The summed E-state index contributed by atoms with van der Waals surface area (Å²) in [5.41, 5.74) is 0.448. The molecular formula is C23H32ClN3O3. The first-order valence-corrected chi connectivity index (χ1v) is 11.6. The van der Waals surface area contributed by atoms with Crippen LogP contribution in [0.3, 0.4) is 0 Å². The SMILES string of the molecule is CCC[C@@]1(C2CCN(Cc3cccc(Cl)c3)CC2)NC(=O)N(C[C@@H]2CCCO2)C1=O. The van der Waals surface area contributed by atoms with Gasteiger partial charge in [0.25, 0.3) is 5.91 Å². The number of nitrogens with one attached hydrogen (secondary N) is 1. The summed E-state index contributed by atoms with van der Waals surface area (Å²) in [6.45, 7) is 5.87. The molecule has 30 heavy (non-hydrogen) atoms. The molecular weight excluding hydrogens is 402 g/mol. The van der Waals surface area contributed by atoms with E-state index in [0.29, 0.717) is 13.0 Å². The van der Waals surface area contributed by atoms with Crippen molar-refractivity contribution in [2.75, 3.05) is 26.2 Å². The third-order valence-corrected chi connectivity index (χ3v) is 7.07. The summed E-state index contributed by atoms with van der Waals surface area (Å²) in [7, 11) is 0. The lowest BCUT2D eigenvalue weighted by Gasteiger charge is -2.41. The number of hydrogen-bond acceptors (Lipinski definition) is 4. The second-order valence-corrected chi connectivity index (χ2v) is 9.32. The number of rotatable bonds is 7. The fraction of sp³-hybridized carbons (Fsp3) is 0.652. The largest absolute Gasteiger partial charge is 0.376 e. The maximum Gasteiger partial charge on any atom is 0.325 e. The number of carbonyl (C=O) groups is 2. The third kappa shape index (κ3) is 4.36. The van der Waals surface area contributed by atoms with Crippen molar-refractivity contribution in [2.24, 2.45) is 5.92 Å². The molecule has 2 atom stereocenters. The van der Waals surface area contributed by atoms with E-state index in [1.54, 1.807) is 0 Å². The number of urea groups is 1. The van der Waals surface area contributed by atoms with E-state index in [0.717, 1.165) is 63.4 Å². The minimum absolute atomic E-state index is 0.0170. The van der Waals surface area contributed by atoms with Crippen LogP contribution in [0, 0.1) is 5.92 Å². The fourth-order valence-corrected chi connectivity index (χ4v) is 5.54. The number of nitrogens with zero attached hydrogens (tertiary/aromatic N) is 2. The van der Waals surface area contributed by atoms with Gasteiger partial charge in [-0.1, -0.05) is 37.1 Å². The highest BCUT2D eigenvalue weighted by molar-refractivity contribution is 6.30. The lowest BCUT2D eigenvalue weighted by molar-refractivity contribution is -0.135. The topological polar surface area (TPSA) is 61.9 Å². The molecule has 3 amide bonds. The fourth-order valence-electron chi connectivity index (χ4n) is 5.32. The molecule has 3 heterocycles. The molecule has 0 bridgehead atoms. The van der Waals surface area contributed by atoms with Gasteiger partial charge in [-0.2, -0.15) is 0 Å². The van der Waals surface area contributed by atoms with Crippen molar-refractivity contribution in [3.05, 3.63) is 34.9 Å². The van der Waals surface area contributed by atoms with Crippen LogP contribution in [-0.2, 0) is 16.1 Å². The number of ether oxygens (including phenoxy) is 1. The Labute approximate surface area is 183 Å². The average molecular weight is 434 g/mol. The molecule has 3 saturated heterocycles. The van der Waals surface area contributed by atoms with Crippen LogP contribution in [0.2, 0.25) is 5.02 Å².